The Morgan fingerprint density at radius 1 is 0.946 bits per heavy atom. The van der Waals surface area contributed by atoms with Crippen molar-refractivity contribution in [3.8, 4) is 11.3 Å². The van der Waals surface area contributed by atoms with Gasteiger partial charge < -0.3 is 19.8 Å². The lowest BCUT2D eigenvalue weighted by atomic mass is 10.1. The highest BCUT2D eigenvalue weighted by atomic mass is 16.5. The van der Waals surface area contributed by atoms with Crippen LogP contribution in [0.2, 0.25) is 0 Å². The van der Waals surface area contributed by atoms with Crippen LogP contribution in [0.15, 0.2) is 72.9 Å². The summed E-state index contributed by atoms with van der Waals surface area (Å²) in [5, 5.41) is 6.46. The lowest BCUT2D eigenvalue weighted by molar-refractivity contribution is -0.118. The summed E-state index contributed by atoms with van der Waals surface area (Å²) < 4.78 is 7.36. The highest BCUT2D eigenvalue weighted by Gasteiger charge is 2.17. The fourth-order valence-electron chi connectivity index (χ4n) is 3.98. The second kappa shape index (κ2) is 11.8. The smallest absolute Gasteiger partial charge is 0.339 e. The van der Waals surface area contributed by atoms with Gasteiger partial charge in [-0.15, -0.1) is 0 Å². The average molecular weight is 499 g/mol. The van der Waals surface area contributed by atoms with E-state index in [1.54, 1.807) is 12.3 Å². The highest BCUT2D eigenvalue weighted by molar-refractivity contribution is 5.92. The molecule has 2 N–H and O–H groups in total. The zero-order valence-corrected chi connectivity index (χ0v) is 21.8. The molecular weight excluding hydrogens is 464 g/mol. The zero-order chi connectivity index (χ0) is 26.4. The summed E-state index contributed by atoms with van der Waals surface area (Å²) in [6.07, 6.45) is 2.50. The summed E-state index contributed by atoms with van der Waals surface area (Å²) in [6, 6.07) is 21.6. The van der Waals surface area contributed by atoms with Gasteiger partial charge >= 0.3 is 5.97 Å². The zero-order valence-electron chi connectivity index (χ0n) is 21.8. The molecule has 37 heavy (non-hydrogen) atoms. The van der Waals surface area contributed by atoms with Crippen LogP contribution in [0.1, 0.15) is 49.3 Å². The molecule has 0 saturated carbocycles. The molecule has 0 aliphatic heterocycles. The molecule has 0 spiro atoms. The molecule has 0 atom stereocenters. The highest BCUT2D eigenvalue weighted by Crippen LogP contribution is 2.27. The third kappa shape index (κ3) is 6.62. The molecule has 0 bridgehead atoms. The van der Waals surface area contributed by atoms with Gasteiger partial charge in [-0.2, -0.15) is 0 Å². The molecule has 0 fully saturated rings. The molecule has 2 heterocycles. The van der Waals surface area contributed by atoms with Gasteiger partial charge in [0.05, 0.1) is 23.1 Å². The number of carbonyl (C=O) groups excluding carboxylic acids is 2. The SMILES string of the molecule is CC(C)OC(=O)c1ccc2nc(-c3ccc(NC(=O)C(C)C)cc3)c(CNCCc3ccccc3)n2c1. The number of nitrogens with zero attached hydrogens (tertiary/aromatic N) is 2. The van der Waals surface area contributed by atoms with E-state index in [1.165, 1.54) is 5.56 Å². The number of hydrogen-bond donors (Lipinski definition) is 2. The number of pyridine rings is 1. The molecule has 192 valence electrons. The summed E-state index contributed by atoms with van der Waals surface area (Å²) in [7, 11) is 0. The second-order valence-corrected chi connectivity index (χ2v) is 9.64. The van der Waals surface area contributed by atoms with Gasteiger partial charge in [0, 0.05) is 29.9 Å². The average Bonchev–Trinajstić information content (AvgIpc) is 3.25. The van der Waals surface area contributed by atoms with Crippen molar-refractivity contribution in [2.75, 3.05) is 11.9 Å². The van der Waals surface area contributed by atoms with Gasteiger partial charge in [0.25, 0.3) is 0 Å². The van der Waals surface area contributed by atoms with Crippen LogP contribution in [0.25, 0.3) is 16.9 Å². The normalized spacial score (nSPS) is 11.3. The number of esters is 1. The molecule has 1 amide bonds. The monoisotopic (exact) mass is 498 g/mol. The van der Waals surface area contributed by atoms with Crippen LogP contribution < -0.4 is 10.6 Å². The molecule has 0 aliphatic carbocycles. The van der Waals surface area contributed by atoms with Crippen molar-refractivity contribution in [1.29, 1.82) is 0 Å². The minimum Gasteiger partial charge on any atom is -0.459 e. The Labute approximate surface area is 217 Å². The Balaban J connectivity index is 1.63. The first kappa shape index (κ1) is 26.1. The van der Waals surface area contributed by atoms with Gasteiger partial charge in [0.2, 0.25) is 5.91 Å². The largest absolute Gasteiger partial charge is 0.459 e. The minimum atomic E-state index is -0.361. The molecule has 0 saturated heterocycles. The fourth-order valence-corrected chi connectivity index (χ4v) is 3.98. The number of ether oxygens (including phenoxy) is 1. The van der Waals surface area contributed by atoms with Crippen molar-refractivity contribution >= 4 is 23.2 Å². The Hall–Kier alpha value is -3.97. The van der Waals surface area contributed by atoms with Crippen LogP contribution in [-0.2, 0) is 22.5 Å². The lowest BCUT2D eigenvalue weighted by Crippen LogP contribution is -2.19. The minimum absolute atomic E-state index is 0.0235. The Morgan fingerprint density at radius 3 is 2.35 bits per heavy atom. The summed E-state index contributed by atoms with van der Waals surface area (Å²) in [5.74, 6) is -0.478. The van der Waals surface area contributed by atoms with Gasteiger partial charge in [0.15, 0.2) is 0 Å². The number of benzene rings is 2. The van der Waals surface area contributed by atoms with E-state index in [4.69, 9.17) is 9.72 Å². The molecular formula is C30H34N4O3. The van der Waals surface area contributed by atoms with E-state index >= 15 is 0 Å². The molecule has 0 radical (unpaired) electrons. The molecule has 0 unspecified atom stereocenters. The summed E-state index contributed by atoms with van der Waals surface area (Å²) in [4.78, 5) is 29.5. The number of hydrogen-bond acceptors (Lipinski definition) is 5. The van der Waals surface area contributed by atoms with E-state index in [1.807, 2.05) is 80.6 Å². The number of anilines is 1. The fraction of sp³-hybridized carbons (Fsp3) is 0.300. The van der Waals surface area contributed by atoms with Crippen LogP contribution in [0.4, 0.5) is 5.69 Å². The number of rotatable bonds is 10. The second-order valence-electron chi connectivity index (χ2n) is 9.64. The molecule has 2 aromatic carbocycles. The van der Waals surface area contributed by atoms with Gasteiger partial charge in [-0.3, -0.25) is 4.79 Å². The maximum absolute atomic E-state index is 12.6. The van der Waals surface area contributed by atoms with Crippen molar-refractivity contribution in [1.82, 2.24) is 14.7 Å². The van der Waals surface area contributed by atoms with Crippen LogP contribution in [-0.4, -0.2) is 33.9 Å². The molecule has 7 nitrogen and oxygen atoms in total. The standard InChI is InChI=1S/C30H34N4O3/c1-20(2)29(35)32-25-13-10-23(11-14-25)28-26(18-31-17-16-22-8-6-5-7-9-22)34-19-24(12-15-27(34)33-28)30(36)37-21(3)4/h5-15,19-21,31H,16-18H2,1-4H3,(H,32,35). The molecule has 2 aromatic heterocycles. The van der Waals surface area contributed by atoms with Crippen LogP contribution in [0, 0.1) is 5.92 Å². The lowest BCUT2D eigenvalue weighted by Gasteiger charge is -2.11. The summed E-state index contributed by atoms with van der Waals surface area (Å²) >= 11 is 0. The number of amides is 1. The topological polar surface area (TPSA) is 84.7 Å². The van der Waals surface area contributed by atoms with Crippen LogP contribution >= 0.6 is 0 Å². The van der Waals surface area contributed by atoms with Crippen LogP contribution in [0.3, 0.4) is 0 Å². The quantitative estimate of drug-likeness (QED) is 0.223. The van der Waals surface area contributed by atoms with Gasteiger partial charge in [0.1, 0.15) is 5.65 Å². The van der Waals surface area contributed by atoms with E-state index in [0.29, 0.717) is 12.1 Å². The van der Waals surface area contributed by atoms with E-state index < -0.39 is 0 Å². The Morgan fingerprint density at radius 2 is 1.68 bits per heavy atom. The van der Waals surface area contributed by atoms with E-state index in [0.717, 1.165) is 41.3 Å². The van der Waals surface area contributed by atoms with Crippen molar-refractivity contribution in [2.24, 2.45) is 5.92 Å². The first-order valence-electron chi connectivity index (χ1n) is 12.7. The molecule has 4 rings (SSSR count). The van der Waals surface area contributed by atoms with Crippen molar-refractivity contribution in [2.45, 2.75) is 46.8 Å². The van der Waals surface area contributed by atoms with Crippen molar-refractivity contribution in [3.05, 3.63) is 89.7 Å². The summed E-state index contributed by atoms with van der Waals surface area (Å²) in [5.41, 5.74) is 5.93. The maximum Gasteiger partial charge on any atom is 0.339 e. The Bertz CT molecular complexity index is 1360. The number of fused-ring (bicyclic) bond motifs is 1. The predicted molar refractivity (Wildman–Crippen MR) is 146 cm³/mol. The van der Waals surface area contributed by atoms with Gasteiger partial charge in [-0.25, -0.2) is 9.78 Å². The number of imidazole rings is 1. The van der Waals surface area contributed by atoms with E-state index in [-0.39, 0.29) is 23.9 Å². The van der Waals surface area contributed by atoms with E-state index in [2.05, 4.69) is 22.8 Å². The third-order valence-electron chi connectivity index (χ3n) is 5.97. The number of aromatic nitrogens is 2. The predicted octanol–water partition coefficient (Wildman–Crippen LogP) is 5.49. The molecule has 0 aliphatic rings. The third-order valence-corrected chi connectivity index (χ3v) is 5.97. The molecule has 4 aromatic rings. The van der Waals surface area contributed by atoms with Crippen LogP contribution in [0.5, 0.6) is 0 Å². The first-order valence-corrected chi connectivity index (χ1v) is 12.7. The maximum atomic E-state index is 12.6. The van der Waals surface area contributed by atoms with E-state index in [9.17, 15) is 9.59 Å². The first-order chi connectivity index (χ1) is 17.8. The van der Waals surface area contributed by atoms with Crippen molar-refractivity contribution in [3.63, 3.8) is 0 Å². The summed E-state index contributed by atoms with van der Waals surface area (Å²) in [6.45, 7) is 8.76. The number of carbonyl (C=O) groups is 2. The van der Waals surface area contributed by atoms with Gasteiger partial charge in [-0.1, -0.05) is 56.3 Å². The Kier molecular flexibility index (Phi) is 8.36. The number of nitrogens with one attached hydrogen (secondary N) is 2. The van der Waals surface area contributed by atoms with Gasteiger partial charge in [-0.05, 0) is 56.6 Å². The molecule has 7 heteroatoms. The van der Waals surface area contributed by atoms with Crippen molar-refractivity contribution < 1.29 is 14.3 Å².